The van der Waals surface area contributed by atoms with Gasteiger partial charge in [-0.25, -0.2) is 4.39 Å². The number of amides is 1. The van der Waals surface area contributed by atoms with Crippen molar-refractivity contribution >= 4 is 17.6 Å². The standard InChI is InChI=1S/C10H10FNO3/c11-7-3-1-2-4-8(7)12-9(13)5-6-10(14)15/h1-4H,5-6H2,(H,12,13)(H,14,15). The van der Waals surface area contributed by atoms with Gasteiger partial charge < -0.3 is 10.4 Å². The minimum atomic E-state index is -1.06. The predicted octanol–water partition coefficient (Wildman–Crippen LogP) is 1.63. The van der Waals surface area contributed by atoms with Gasteiger partial charge in [-0.3, -0.25) is 9.59 Å². The Morgan fingerprint density at radius 3 is 2.53 bits per heavy atom. The van der Waals surface area contributed by atoms with Gasteiger partial charge in [0, 0.05) is 6.42 Å². The lowest BCUT2D eigenvalue weighted by molar-refractivity contribution is -0.138. The number of carbonyl (C=O) groups excluding carboxylic acids is 1. The molecule has 0 unspecified atom stereocenters. The summed E-state index contributed by atoms with van der Waals surface area (Å²) in [5, 5.41) is 10.6. The number of carboxylic acid groups (broad SMARTS) is 1. The summed E-state index contributed by atoms with van der Waals surface area (Å²) in [6.45, 7) is 0. The molecule has 0 aliphatic carbocycles. The van der Waals surface area contributed by atoms with Crippen LogP contribution in [0.3, 0.4) is 0 Å². The number of carbonyl (C=O) groups is 2. The zero-order valence-electron chi connectivity index (χ0n) is 7.87. The maximum Gasteiger partial charge on any atom is 0.303 e. The Labute approximate surface area is 85.7 Å². The third kappa shape index (κ3) is 3.76. The highest BCUT2D eigenvalue weighted by atomic mass is 19.1. The molecule has 0 aliphatic rings. The first-order chi connectivity index (χ1) is 7.09. The van der Waals surface area contributed by atoms with E-state index in [0.29, 0.717) is 0 Å². The third-order valence-corrected chi connectivity index (χ3v) is 1.71. The van der Waals surface area contributed by atoms with Crippen molar-refractivity contribution in [3.63, 3.8) is 0 Å². The molecule has 0 bridgehead atoms. The summed E-state index contributed by atoms with van der Waals surface area (Å²) >= 11 is 0. The van der Waals surface area contributed by atoms with Crippen molar-refractivity contribution in [2.45, 2.75) is 12.8 Å². The third-order valence-electron chi connectivity index (χ3n) is 1.71. The Bertz CT molecular complexity index is 379. The van der Waals surface area contributed by atoms with Gasteiger partial charge in [0.25, 0.3) is 0 Å². The van der Waals surface area contributed by atoms with Crippen LogP contribution in [0.25, 0.3) is 0 Å². The monoisotopic (exact) mass is 211 g/mol. The topological polar surface area (TPSA) is 66.4 Å². The molecule has 80 valence electrons. The molecule has 1 aromatic carbocycles. The van der Waals surface area contributed by atoms with Gasteiger partial charge in [0.15, 0.2) is 0 Å². The normalized spacial score (nSPS) is 9.67. The number of rotatable bonds is 4. The summed E-state index contributed by atoms with van der Waals surface area (Å²) in [5.41, 5.74) is 0.0629. The Morgan fingerprint density at radius 2 is 1.93 bits per heavy atom. The lowest BCUT2D eigenvalue weighted by atomic mass is 10.2. The zero-order valence-corrected chi connectivity index (χ0v) is 7.87. The van der Waals surface area contributed by atoms with E-state index in [2.05, 4.69) is 5.32 Å². The van der Waals surface area contributed by atoms with Crippen molar-refractivity contribution in [1.29, 1.82) is 0 Å². The highest BCUT2D eigenvalue weighted by molar-refractivity contribution is 5.92. The van der Waals surface area contributed by atoms with E-state index in [4.69, 9.17) is 5.11 Å². The van der Waals surface area contributed by atoms with Crippen LogP contribution in [-0.2, 0) is 9.59 Å². The van der Waals surface area contributed by atoms with Crippen LogP contribution >= 0.6 is 0 Å². The van der Waals surface area contributed by atoms with E-state index in [9.17, 15) is 14.0 Å². The molecule has 1 aromatic rings. The van der Waals surface area contributed by atoms with E-state index >= 15 is 0 Å². The predicted molar refractivity (Wildman–Crippen MR) is 51.9 cm³/mol. The molecule has 1 rings (SSSR count). The summed E-state index contributed by atoms with van der Waals surface area (Å²) in [7, 11) is 0. The van der Waals surface area contributed by atoms with Gasteiger partial charge in [-0.05, 0) is 12.1 Å². The van der Waals surface area contributed by atoms with Crippen LogP contribution in [0.2, 0.25) is 0 Å². The zero-order chi connectivity index (χ0) is 11.3. The van der Waals surface area contributed by atoms with Crippen LogP contribution in [0.1, 0.15) is 12.8 Å². The van der Waals surface area contributed by atoms with E-state index in [1.165, 1.54) is 18.2 Å². The molecule has 0 heterocycles. The average molecular weight is 211 g/mol. The average Bonchev–Trinajstić information content (AvgIpc) is 2.18. The molecule has 4 nitrogen and oxygen atoms in total. The number of para-hydroxylation sites is 1. The second-order valence-electron chi connectivity index (χ2n) is 2.92. The number of benzene rings is 1. The first kappa shape index (κ1) is 11.2. The first-order valence-corrected chi connectivity index (χ1v) is 4.36. The van der Waals surface area contributed by atoms with Crippen molar-refractivity contribution in [2.75, 3.05) is 5.32 Å². The highest BCUT2D eigenvalue weighted by Gasteiger charge is 2.07. The second kappa shape index (κ2) is 5.09. The Morgan fingerprint density at radius 1 is 1.27 bits per heavy atom. The number of halogens is 1. The molecule has 0 fully saturated rings. The molecule has 0 spiro atoms. The molecule has 0 saturated carbocycles. The molecule has 0 radical (unpaired) electrons. The number of anilines is 1. The lowest BCUT2D eigenvalue weighted by Gasteiger charge is -2.04. The maximum atomic E-state index is 13.0. The van der Waals surface area contributed by atoms with Gasteiger partial charge in [0.2, 0.25) is 5.91 Å². The number of carboxylic acids is 1. The minimum absolute atomic E-state index is 0.0629. The summed E-state index contributed by atoms with van der Waals surface area (Å²) in [6, 6.07) is 5.71. The number of aliphatic carboxylic acids is 1. The number of hydrogen-bond acceptors (Lipinski definition) is 2. The summed E-state index contributed by atoms with van der Waals surface area (Å²) < 4.78 is 13.0. The van der Waals surface area contributed by atoms with Crippen LogP contribution in [0.4, 0.5) is 10.1 Å². The van der Waals surface area contributed by atoms with E-state index in [-0.39, 0.29) is 18.5 Å². The minimum Gasteiger partial charge on any atom is -0.481 e. The fraction of sp³-hybridized carbons (Fsp3) is 0.200. The van der Waals surface area contributed by atoms with Gasteiger partial charge in [-0.1, -0.05) is 12.1 Å². The molecule has 0 aliphatic heterocycles. The van der Waals surface area contributed by atoms with Crippen LogP contribution in [0.15, 0.2) is 24.3 Å². The van der Waals surface area contributed by atoms with Crippen molar-refractivity contribution in [3.05, 3.63) is 30.1 Å². The van der Waals surface area contributed by atoms with Gasteiger partial charge in [0.1, 0.15) is 5.82 Å². The fourth-order valence-electron chi connectivity index (χ4n) is 0.996. The van der Waals surface area contributed by atoms with Gasteiger partial charge in [0.05, 0.1) is 12.1 Å². The van der Waals surface area contributed by atoms with Crippen LogP contribution < -0.4 is 5.32 Å². The fourth-order valence-corrected chi connectivity index (χ4v) is 0.996. The number of nitrogens with one attached hydrogen (secondary N) is 1. The Kier molecular flexibility index (Phi) is 3.79. The second-order valence-corrected chi connectivity index (χ2v) is 2.92. The van der Waals surface area contributed by atoms with Gasteiger partial charge >= 0.3 is 5.97 Å². The molecule has 0 atom stereocenters. The van der Waals surface area contributed by atoms with Crippen molar-refractivity contribution in [1.82, 2.24) is 0 Å². The van der Waals surface area contributed by atoms with E-state index < -0.39 is 17.7 Å². The Balaban J connectivity index is 2.52. The quantitative estimate of drug-likeness (QED) is 0.795. The SMILES string of the molecule is O=C(O)CCC(=O)Nc1ccccc1F. The molecule has 5 heteroatoms. The highest BCUT2D eigenvalue weighted by Crippen LogP contribution is 2.12. The molecule has 0 saturated heterocycles. The lowest BCUT2D eigenvalue weighted by Crippen LogP contribution is -2.13. The van der Waals surface area contributed by atoms with Crippen LogP contribution in [-0.4, -0.2) is 17.0 Å². The maximum absolute atomic E-state index is 13.0. The van der Waals surface area contributed by atoms with Gasteiger partial charge in [-0.2, -0.15) is 0 Å². The van der Waals surface area contributed by atoms with E-state index in [1.54, 1.807) is 6.07 Å². The molecule has 15 heavy (non-hydrogen) atoms. The molecule has 0 aromatic heterocycles. The van der Waals surface area contributed by atoms with E-state index in [0.717, 1.165) is 0 Å². The van der Waals surface area contributed by atoms with Crippen molar-refractivity contribution in [2.24, 2.45) is 0 Å². The van der Waals surface area contributed by atoms with Crippen LogP contribution in [0, 0.1) is 5.82 Å². The van der Waals surface area contributed by atoms with Crippen molar-refractivity contribution in [3.8, 4) is 0 Å². The first-order valence-electron chi connectivity index (χ1n) is 4.36. The van der Waals surface area contributed by atoms with Crippen molar-refractivity contribution < 1.29 is 19.1 Å². The molecule has 1 amide bonds. The summed E-state index contributed by atoms with van der Waals surface area (Å²) in [4.78, 5) is 21.3. The van der Waals surface area contributed by atoms with E-state index in [1.807, 2.05) is 0 Å². The largest absolute Gasteiger partial charge is 0.481 e. The summed E-state index contributed by atoms with van der Waals surface area (Å²) in [5.74, 6) is -2.11. The molecule has 2 N–H and O–H groups in total. The van der Waals surface area contributed by atoms with Gasteiger partial charge in [-0.15, -0.1) is 0 Å². The Hall–Kier alpha value is -1.91. The van der Waals surface area contributed by atoms with Crippen LogP contribution in [0.5, 0.6) is 0 Å². The number of hydrogen-bond donors (Lipinski definition) is 2. The summed E-state index contributed by atoms with van der Waals surface area (Å²) in [6.07, 6.45) is -0.427. The molecular weight excluding hydrogens is 201 g/mol. The molecular formula is C10H10FNO3. The smallest absolute Gasteiger partial charge is 0.303 e.